The average molecular weight is 505 g/mol. The first-order chi connectivity index (χ1) is 16.7. The van der Waals surface area contributed by atoms with Crippen LogP contribution in [0, 0.1) is 5.92 Å². The standard InChI is InChI=1S/C23H25ClN4O7/c1-4-12-10-23(12,21(30)34-5-2)27-19(29)17-9-14(11-28(17)22(31)32)35-20-18(24)25-15-7-6-13(33-3)8-16(15)26-20/h4,6-8,12,14,17H,1,5,9-11H2,2-3H3,(H,27,29)(H,31,32)/t12-,14-,17+,23-/m1/s1. The van der Waals surface area contributed by atoms with Crippen molar-refractivity contribution >= 4 is 40.6 Å². The van der Waals surface area contributed by atoms with Crippen LogP contribution in [0.2, 0.25) is 5.15 Å². The molecule has 1 saturated carbocycles. The van der Waals surface area contributed by atoms with Gasteiger partial charge < -0.3 is 24.6 Å². The molecule has 2 aromatic rings. The molecular formula is C23H25ClN4O7. The number of methoxy groups -OCH3 is 1. The first-order valence-electron chi connectivity index (χ1n) is 11.0. The minimum absolute atomic E-state index is 0.00510. The van der Waals surface area contributed by atoms with E-state index in [0.717, 1.165) is 4.90 Å². The Hall–Kier alpha value is -3.60. The summed E-state index contributed by atoms with van der Waals surface area (Å²) in [5, 5.41) is 12.4. The number of amides is 2. The Bertz CT molecular complexity index is 1190. The number of halogens is 1. The van der Waals surface area contributed by atoms with Gasteiger partial charge in [-0.15, -0.1) is 6.58 Å². The molecule has 0 radical (unpaired) electrons. The van der Waals surface area contributed by atoms with Crippen LogP contribution < -0.4 is 14.8 Å². The number of likely N-dealkylation sites (tertiary alicyclic amines) is 1. The lowest BCUT2D eigenvalue weighted by Crippen LogP contribution is -2.53. The molecule has 2 fully saturated rings. The third-order valence-corrected chi connectivity index (χ3v) is 6.42. The molecule has 4 atom stereocenters. The first kappa shape index (κ1) is 24.5. The van der Waals surface area contributed by atoms with Crippen LogP contribution in [0.4, 0.5) is 4.79 Å². The third kappa shape index (κ3) is 4.68. The van der Waals surface area contributed by atoms with Gasteiger partial charge in [-0.2, -0.15) is 0 Å². The summed E-state index contributed by atoms with van der Waals surface area (Å²) >= 11 is 6.25. The highest BCUT2D eigenvalue weighted by molar-refractivity contribution is 6.31. The van der Waals surface area contributed by atoms with E-state index < -0.39 is 35.7 Å². The van der Waals surface area contributed by atoms with E-state index in [-0.39, 0.29) is 36.5 Å². The molecule has 2 heterocycles. The fourth-order valence-corrected chi connectivity index (χ4v) is 4.44. The van der Waals surface area contributed by atoms with Crippen LogP contribution in [-0.2, 0) is 14.3 Å². The van der Waals surface area contributed by atoms with E-state index in [2.05, 4.69) is 21.9 Å². The summed E-state index contributed by atoms with van der Waals surface area (Å²) in [6.07, 6.45) is -0.0684. The van der Waals surface area contributed by atoms with Gasteiger partial charge in [0.15, 0.2) is 5.15 Å². The summed E-state index contributed by atoms with van der Waals surface area (Å²) in [4.78, 5) is 47.1. The number of hydrogen-bond acceptors (Lipinski definition) is 8. The van der Waals surface area contributed by atoms with Gasteiger partial charge in [0.1, 0.15) is 23.4 Å². The van der Waals surface area contributed by atoms with Gasteiger partial charge >= 0.3 is 12.1 Å². The van der Waals surface area contributed by atoms with Gasteiger partial charge in [0.05, 0.1) is 31.3 Å². The number of carboxylic acid groups (broad SMARTS) is 1. The van der Waals surface area contributed by atoms with E-state index in [0.29, 0.717) is 23.2 Å². The van der Waals surface area contributed by atoms with Crippen LogP contribution in [0.25, 0.3) is 11.0 Å². The average Bonchev–Trinajstić information content (AvgIpc) is 3.38. The molecule has 2 N–H and O–H groups in total. The molecule has 186 valence electrons. The number of aromatic nitrogens is 2. The zero-order chi connectivity index (χ0) is 25.3. The molecule has 4 rings (SSSR count). The molecule has 1 aliphatic heterocycles. The van der Waals surface area contributed by atoms with Crippen LogP contribution in [0.1, 0.15) is 19.8 Å². The number of rotatable bonds is 8. The fourth-order valence-electron chi connectivity index (χ4n) is 4.26. The van der Waals surface area contributed by atoms with Crippen molar-refractivity contribution < 1.29 is 33.7 Å². The van der Waals surface area contributed by atoms with Gasteiger partial charge in [0, 0.05) is 18.4 Å². The predicted octanol–water partition coefficient (Wildman–Crippen LogP) is 2.42. The van der Waals surface area contributed by atoms with Crippen molar-refractivity contribution in [3.05, 3.63) is 36.0 Å². The Morgan fingerprint density at radius 2 is 2.11 bits per heavy atom. The zero-order valence-electron chi connectivity index (χ0n) is 19.2. The van der Waals surface area contributed by atoms with E-state index in [9.17, 15) is 19.5 Å². The molecular weight excluding hydrogens is 480 g/mol. The molecule has 1 aliphatic carbocycles. The largest absolute Gasteiger partial charge is 0.497 e. The highest BCUT2D eigenvalue weighted by Crippen LogP contribution is 2.45. The maximum Gasteiger partial charge on any atom is 0.408 e. The van der Waals surface area contributed by atoms with Gasteiger partial charge in [-0.3, -0.25) is 9.69 Å². The summed E-state index contributed by atoms with van der Waals surface area (Å²) in [5.74, 6) is -0.888. The van der Waals surface area contributed by atoms with Gasteiger partial charge in [0.2, 0.25) is 5.91 Å². The summed E-state index contributed by atoms with van der Waals surface area (Å²) < 4.78 is 16.2. The van der Waals surface area contributed by atoms with Crippen LogP contribution in [0.15, 0.2) is 30.9 Å². The molecule has 0 unspecified atom stereocenters. The van der Waals surface area contributed by atoms with Crippen molar-refractivity contribution in [2.75, 3.05) is 20.3 Å². The Balaban J connectivity index is 1.52. The highest BCUT2D eigenvalue weighted by Gasteiger charge is 2.62. The number of nitrogens with one attached hydrogen (secondary N) is 1. The Morgan fingerprint density at radius 3 is 2.74 bits per heavy atom. The molecule has 1 aromatic carbocycles. The maximum absolute atomic E-state index is 13.1. The monoisotopic (exact) mass is 504 g/mol. The second kappa shape index (κ2) is 9.57. The molecule has 1 saturated heterocycles. The van der Waals surface area contributed by atoms with E-state index in [1.165, 1.54) is 7.11 Å². The molecule has 2 aliphatic rings. The first-order valence-corrected chi connectivity index (χ1v) is 11.4. The van der Waals surface area contributed by atoms with Gasteiger partial charge in [-0.1, -0.05) is 17.7 Å². The second-order valence-electron chi connectivity index (χ2n) is 8.33. The minimum atomic E-state index is -1.29. The van der Waals surface area contributed by atoms with Gasteiger partial charge in [-0.05, 0) is 25.5 Å². The van der Waals surface area contributed by atoms with E-state index in [1.54, 1.807) is 31.2 Å². The normalized spacial score (nSPS) is 25.1. The van der Waals surface area contributed by atoms with Crippen LogP contribution >= 0.6 is 11.6 Å². The number of esters is 1. The highest BCUT2D eigenvalue weighted by atomic mass is 35.5. The van der Waals surface area contributed by atoms with Crippen molar-refractivity contribution in [2.24, 2.45) is 5.92 Å². The lowest BCUT2D eigenvalue weighted by atomic mass is 10.1. The third-order valence-electron chi connectivity index (χ3n) is 6.17. The summed E-state index contributed by atoms with van der Waals surface area (Å²) in [5.41, 5.74) is -0.222. The smallest absolute Gasteiger partial charge is 0.408 e. The Morgan fingerprint density at radius 1 is 1.34 bits per heavy atom. The molecule has 2 amide bonds. The van der Waals surface area contributed by atoms with Gasteiger partial charge in [-0.25, -0.2) is 19.6 Å². The molecule has 11 nitrogen and oxygen atoms in total. The zero-order valence-corrected chi connectivity index (χ0v) is 19.9. The summed E-state index contributed by atoms with van der Waals surface area (Å²) in [6, 6.07) is 4.01. The van der Waals surface area contributed by atoms with Crippen molar-refractivity contribution in [3.8, 4) is 11.6 Å². The van der Waals surface area contributed by atoms with Crippen LogP contribution in [-0.4, -0.2) is 75.9 Å². The lowest BCUT2D eigenvalue weighted by molar-refractivity contribution is -0.149. The Kier molecular flexibility index (Phi) is 6.70. The van der Waals surface area contributed by atoms with E-state index in [1.807, 2.05) is 0 Å². The number of carbonyl (C=O) groups is 3. The quantitative estimate of drug-likeness (QED) is 0.409. The topological polar surface area (TPSA) is 140 Å². The number of fused-ring (bicyclic) bond motifs is 1. The molecule has 35 heavy (non-hydrogen) atoms. The predicted molar refractivity (Wildman–Crippen MR) is 124 cm³/mol. The number of nitrogens with zero attached hydrogens (tertiary/aromatic N) is 3. The molecule has 0 bridgehead atoms. The second-order valence-corrected chi connectivity index (χ2v) is 8.69. The van der Waals surface area contributed by atoms with Crippen LogP contribution in [0.5, 0.6) is 11.6 Å². The number of hydrogen-bond donors (Lipinski definition) is 2. The van der Waals surface area contributed by atoms with Crippen molar-refractivity contribution in [1.82, 2.24) is 20.2 Å². The lowest BCUT2D eigenvalue weighted by Gasteiger charge is -2.23. The number of benzene rings is 1. The van der Waals surface area contributed by atoms with Crippen molar-refractivity contribution in [2.45, 2.75) is 37.5 Å². The van der Waals surface area contributed by atoms with E-state index >= 15 is 0 Å². The molecule has 0 spiro atoms. The maximum atomic E-state index is 13.1. The van der Waals surface area contributed by atoms with E-state index in [4.69, 9.17) is 25.8 Å². The summed E-state index contributed by atoms with van der Waals surface area (Å²) in [6.45, 7) is 5.41. The number of ether oxygens (including phenoxy) is 3. The molecule has 12 heteroatoms. The Labute approximate surface area is 206 Å². The number of carbonyl (C=O) groups excluding carboxylic acids is 2. The van der Waals surface area contributed by atoms with Crippen molar-refractivity contribution in [1.29, 1.82) is 0 Å². The van der Waals surface area contributed by atoms with Crippen molar-refractivity contribution in [3.63, 3.8) is 0 Å². The van der Waals surface area contributed by atoms with Gasteiger partial charge in [0.25, 0.3) is 5.88 Å². The SMILES string of the molecule is C=C[C@@H]1C[C@]1(NC(=O)[C@@H]1C[C@@H](Oc2nc3cc(OC)ccc3nc2Cl)CN1C(=O)O)C(=O)OCC. The van der Waals surface area contributed by atoms with Crippen LogP contribution in [0.3, 0.4) is 0 Å². The summed E-state index contributed by atoms with van der Waals surface area (Å²) in [7, 11) is 1.52. The minimum Gasteiger partial charge on any atom is -0.497 e. The molecule has 1 aromatic heterocycles. The fraction of sp³-hybridized carbons (Fsp3) is 0.435.